The largest absolute Gasteiger partial charge is 0.465 e. The zero-order chi connectivity index (χ0) is 17.2. The quantitative estimate of drug-likeness (QED) is 0.443. The van der Waals surface area contributed by atoms with E-state index in [1.54, 1.807) is 53.4 Å². The lowest BCUT2D eigenvalue weighted by molar-refractivity contribution is -0.116. The van der Waals surface area contributed by atoms with Crippen LogP contribution in [0.2, 0.25) is 0 Å². The van der Waals surface area contributed by atoms with E-state index in [-0.39, 0.29) is 11.9 Å². The van der Waals surface area contributed by atoms with Gasteiger partial charge in [-0.05, 0) is 46.2 Å². The van der Waals surface area contributed by atoms with Crippen molar-refractivity contribution in [2.45, 2.75) is 5.75 Å². The molecule has 1 amide bonds. The Morgan fingerprint density at radius 2 is 2.04 bits per heavy atom. The maximum Gasteiger partial charge on any atom is 0.337 e. The van der Waals surface area contributed by atoms with E-state index in [1.807, 2.05) is 0 Å². The highest BCUT2D eigenvalue weighted by atomic mass is 32.2. The molecule has 126 valence electrons. The van der Waals surface area contributed by atoms with E-state index in [4.69, 9.17) is 0 Å². The summed E-state index contributed by atoms with van der Waals surface area (Å²) >= 11 is 3.50. The van der Waals surface area contributed by atoms with Gasteiger partial charge in [0.1, 0.15) is 0 Å². The highest BCUT2D eigenvalue weighted by Gasteiger charge is 2.03. The molecular weight excluding hydrogens is 342 g/mol. The van der Waals surface area contributed by atoms with Crippen LogP contribution in [0, 0.1) is 0 Å². The molecule has 0 atom stereocenters. The van der Waals surface area contributed by atoms with Gasteiger partial charge in [-0.3, -0.25) is 4.79 Å². The zero-order valence-electron chi connectivity index (χ0n) is 13.4. The van der Waals surface area contributed by atoms with Crippen molar-refractivity contribution >= 4 is 41.1 Å². The summed E-state index contributed by atoms with van der Waals surface area (Å²) in [5.41, 5.74) is 2.66. The van der Waals surface area contributed by atoms with Crippen LogP contribution in [0.15, 0.2) is 47.2 Å². The first kappa shape index (κ1) is 18.3. The number of methoxy groups -OCH3 is 1. The summed E-state index contributed by atoms with van der Waals surface area (Å²) in [6.45, 7) is 0.638. The minimum atomic E-state index is -0.372. The maximum absolute atomic E-state index is 11.8. The summed E-state index contributed by atoms with van der Waals surface area (Å²) in [7, 11) is 1.35. The van der Waals surface area contributed by atoms with Crippen molar-refractivity contribution in [1.82, 2.24) is 5.32 Å². The smallest absolute Gasteiger partial charge is 0.337 e. The Morgan fingerprint density at radius 3 is 2.71 bits per heavy atom. The molecule has 24 heavy (non-hydrogen) atoms. The fourth-order valence-electron chi connectivity index (χ4n) is 1.89. The molecule has 0 aliphatic rings. The standard InChI is InChI=1S/C18H19NO3S2/c1-22-18(21)16-5-2-14(3-6-16)4-7-17(20)19-9-11-24-13-15-8-10-23-12-15/h2-8,10,12H,9,11,13H2,1H3,(H,19,20)/b7-4+. The summed E-state index contributed by atoms with van der Waals surface area (Å²) in [5.74, 6) is 1.36. The molecule has 0 unspecified atom stereocenters. The number of carbonyl (C=O) groups excluding carboxylic acids is 2. The van der Waals surface area contributed by atoms with Gasteiger partial charge in [-0.2, -0.15) is 23.1 Å². The Morgan fingerprint density at radius 1 is 1.25 bits per heavy atom. The summed E-state index contributed by atoms with van der Waals surface area (Å²) in [4.78, 5) is 23.1. The number of amides is 1. The molecule has 0 saturated carbocycles. The summed E-state index contributed by atoms with van der Waals surface area (Å²) < 4.78 is 4.64. The molecule has 1 N–H and O–H groups in total. The van der Waals surface area contributed by atoms with Gasteiger partial charge in [0.25, 0.3) is 0 Å². The number of thiophene rings is 1. The monoisotopic (exact) mass is 361 g/mol. The molecule has 2 aromatic rings. The predicted molar refractivity (Wildman–Crippen MR) is 100 cm³/mol. The molecule has 1 aromatic heterocycles. The molecule has 0 spiro atoms. The first-order chi connectivity index (χ1) is 11.7. The Bertz CT molecular complexity index is 679. The van der Waals surface area contributed by atoms with Crippen molar-refractivity contribution < 1.29 is 14.3 Å². The van der Waals surface area contributed by atoms with Crippen LogP contribution in [0.4, 0.5) is 0 Å². The molecular formula is C18H19NO3S2. The minimum absolute atomic E-state index is 0.122. The molecule has 0 saturated heterocycles. The number of nitrogens with one attached hydrogen (secondary N) is 1. The van der Waals surface area contributed by atoms with E-state index in [9.17, 15) is 9.59 Å². The zero-order valence-corrected chi connectivity index (χ0v) is 15.0. The van der Waals surface area contributed by atoms with Crippen LogP contribution in [0.1, 0.15) is 21.5 Å². The van der Waals surface area contributed by atoms with Crippen molar-refractivity contribution in [3.63, 3.8) is 0 Å². The topological polar surface area (TPSA) is 55.4 Å². The van der Waals surface area contributed by atoms with Gasteiger partial charge >= 0.3 is 5.97 Å². The number of hydrogen-bond acceptors (Lipinski definition) is 5. The van der Waals surface area contributed by atoms with Crippen LogP contribution in [-0.2, 0) is 15.3 Å². The van der Waals surface area contributed by atoms with Crippen LogP contribution in [0.5, 0.6) is 0 Å². The first-order valence-electron chi connectivity index (χ1n) is 7.42. The minimum Gasteiger partial charge on any atom is -0.465 e. The fourth-order valence-corrected chi connectivity index (χ4v) is 3.47. The number of carbonyl (C=O) groups is 2. The van der Waals surface area contributed by atoms with E-state index < -0.39 is 0 Å². The number of benzene rings is 1. The molecule has 0 radical (unpaired) electrons. The Kier molecular flexibility index (Phi) is 7.58. The molecule has 6 heteroatoms. The second-order valence-electron chi connectivity index (χ2n) is 4.92. The van der Waals surface area contributed by atoms with Crippen molar-refractivity contribution in [3.8, 4) is 0 Å². The van der Waals surface area contributed by atoms with Gasteiger partial charge in [-0.1, -0.05) is 12.1 Å². The van der Waals surface area contributed by atoms with Gasteiger partial charge in [-0.15, -0.1) is 0 Å². The van der Waals surface area contributed by atoms with E-state index in [0.717, 1.165) is 17.1 Å². The van der Waals surface area contributed by atoms with Crippen LogP contribution in [0.3, 0.4) is 0 Å². The fraction of sp³-hybridized carbons (Fsp3) is 0.222. The summed E-state index contributed by atoms with van der Waals surface area (Å²) in [6.07, 6.45) is 3.21. The highest BCUT2D eigenvalue weighted by molar-refractivity contribution is 7.98. The van der Waals surface area contributed by atoms with E-state index in [2.05, 4.69) is 26.9 Å². The molecule has 0 aliphatic heterocycles. The third-order valence-electron chi connectivity index (χ3n) is 3.15. The molecule has 0 bridgehead atoms. The van der Waals surface area contributed by atoms with E-state index >= 15 is 0 Å². The van der Waals surface area contributed by atoms with E-state index in [1.165, 1.54) is 18.7 Å². The number of hydrogen-bond donors (Lipinski definition) is 1. The van der Waals surface area contributed by atoms with Gasteiger partial charge in [0.05, 0.1) is 12.7 Å². The lowest BCUT2D eigenvalue weighted by Crippen LogP contribution is -2.23. The molecule has 1 aromatic carbocycles. The lowest BCUT2D eigenvalue weighted by Gasteiger charge is -2.02. The molecule has 0 aliphatic carbocycles. The molecule has 2 rings (SSSR count). The Hall–Kier alpha value is -2.05. The van der Waals surface area contributed by atoms with Crippen molar-refractivity contribution in [2.24, 2.45) is 0 Å². The highest BCUT2D eigenvalue weighted by Crippen LogP contribution is 2.14. The second kappa shape index (κ2) is 9.95. The van der Waals surface area contributed by atoms with Gasteiger partial charge < -0.3 is 10.1 Å². The van der Waals surface area contributed by atoms with Crippen LogP contribution in [0.25, 0.3) is 6.08 Å². The summed E-state index contributed by atoms with van der Waals surface area (Å²) in [5, 5.41) is 7.06. The lowest BCUT2D eigenvalue weighted by atomic mass is 10.1. The Labute approximate surface area is 149 Å². The number of esters is 1. The van der Waals surface area contributed by atoms with Crippen LogP contribution in [-0.4, -0.2) is 31.3 Å². The molecule has 1 heterocycles. The third kappa shape index (κ3) is 6.22. The average Bonchev–Trinajstić information content (AvgIpc) is 3.13. The second-order valence-corrected chi connectivity index (χ2v) is 6.81. The van der Waals surface area contributed by atoms with Crippen LogP contribution < -0.4 is 5.32 Å². The summed E-state index contributed by atoms with van der Waals surface area (Å²) in [6, 6.07) is 9.00. The predicted octanol–water partition coefficient (Wildman–Crippen LogP) is 3.60. The SMILES string of the molecule is COC(=O)c1ccc(/C=C/C(=O)NCCSCc2ccsc2)cc1. The van der Waals surface area contributed by atoms with Crippen LogP contribution >= 0.6 is 23.1 Å². The van der Waals surface area contributed by atoms with Gasteiger partial charge in [0, 0.05) is 24.1 Å². The molecule has 0 fully saturated rings. The van der Waals surface area contributed by atoms with Gasteiger partial charge in [-0.25, -0.2) is 4.79 Å². The van der Waals surface area contributed by atoms with Crippen molar-refractivity contribution in [3.05, 3.63) is 63.9 Å². The number of thioether (sulfide) groups is 1. The molecule has 4 nitrogen and oxygen atoms in total. The Balaban J connectivity index is 1.67. The third-order valence-corrected chi connectivity index (χ3v) is 4.92. The normalized spacial score (nSPS) is 10.7. The van der Waals surface area contributed by atoms with Gasteiger partial charge in [0.15, 0.2) is 0 Å². The van der Waals surface area contributed by atoms with Crippen molar-refractivity contribution in [2.75, 3.05) is 19.4 Å². The maximum atomic E-state index is 11.8. The van der Waals surface area contributed by atoms with Gasteiger partial charge in [0.2, 0.25) is 5.91 Å². The van der Waals surface area contributed by atoms with Crippen molar-refractivity contribution in [1.29, 1.82) is 0 Å². The van der Waals surface area contributed by atoms with E-state index in [0.29, 0.717) is 12.1 Å². The number of ether oxygens (including phenoxy) is 1. The average molecular weight is 361 g/mol. The number of rotatable bonds is 8. The first-order valence-corrected chi connectivity index (χ1v) is 9.52.